The van der Waals surface area contributed by atoms with Crippen LogP contribution in [0.3, 0.4) is 0 Å². The van der Waals surface area contributed by atoms with Crippen molar-refractivity contribution in [3.05, 3.63) is 36.7 Å². The first-order valence-corrected chi connectivity index (χ1v) is 8.03. The first-order valence-electron chi connectivity index (χ1n) is 6.88. The molecule has 1 fully saturated rings. The molecule has 0 radical (unpaired) electrons. The maximum absolute atomic E-state index is 4.43. The lowest BCUT2D eigenvalue weighted by atomic mass is 10.3. The molecule has 0 amide bonds. The molecule has 3 aromatic rings. The molecule has 0 N–H and O–H groups in total. The van der Waals surface area contributed by atoms with Gasteiger partial charge in [0.1, 0.15) is 6.33 Å². The minimum Gasteiger partial charge on any atom is -0.353 e. The number of aromatic nitrogens is 5. The molecule has 0 atom stereocenters. The molecule has 3 heterocycles. The van der Waals surface area contributed by atoms with Crippen LogP contribution in [0, 0.1) is 0 Å². The van der Waals surface area contributed by atoms with Crippen LogP contribution in [0.2, 0.25) is 0 Å². The second-order valence-corrected chi connectivity index (χ2v) is 6.03. The van der Waals surface area contributed by atoms with E-state index in [4.69, 9.17) is 0 Å². The van der Waals surface area contributed by atoms with Crippen LogP contribution in [-0.2, 0) is 0 Å². The largest absolute Gasteiger partial charge is 0.353 e. The molecular formula is C14H14N6S. The number of fused-ring (bicyclic) bond motifs is 1. The van der Waals surface area contributed by atoms with Gasteiger partial charge in [-0.2, -0.15) is 16.4 Å². The maximum atomic E-state index is 4.43. The molecule has 4 rings (SSSR count). The Labute approximate surface area is 126 Å². The molecule has 1 aliphatic rings. The fourth-order valence-corrected chi connectivity index (χ4v) is 3.39. The lowest BCUT2D eigenvalue weighted by Gasteiger charge is -2.27. The van der Waals surface area contributed by atoms with Crippen LogP contribution in [0.5, 0.6) is 0 Å². The summed E-state index contributed by atoms with van der Waals surface area (Å²) in [6.45, 7) is 1.99. The van der Waals surface area contributed by atoms with Gasteiger partial charge in [-0.25, -0.2) is 9.97 Å². The van der Waals surface area contributed by atoms with E-state index in [0.717, 1.165) is 47.3 Å². The summed E-state index contributed by atoms with van der Waals surface area (Å²) in [5, 5.41) is 8.56. The Bertz CT molecular complexity index is 751. The zero-order valence-electron chi connectivity index (χ0n) is 11.4. The average molecular weight is 298 g/mol. The van der Waals surface area contributed by atoms with Crippen LogP contribution >= 0.6 is 11.8 Å². The fraction of sp³-hybridized carbons (Fsp3) is 0.286. The van der Waals surface area contributed by atoms with Gasteiger partial charge in [0.15, 0.2) is 17.0 Å². The quantitative estimate of drug-likeness (QED) is 0.718. The van der Waals surface area contributed by atoms with E-state index in [0.29, 0.717) is 0 Å². The van der Waals surface area contributed by atoms with Gasteiger partial charge in [-0.05, 0) is 12.1 Å². The van der Waals surface area contributed by atoms with Gasteiger partial charge in [-0.15, -0.1) is 5.10 Å². The van der Waals surface area contributed by atoms with Crippen molar-refractivity contribution in [2.75, 3.05) is 29.5 Å². The molecule has 0 aliphatic carbocycles. The summed E-state index contributed by atoms with van der Waals surface area (Å²) >= 11 is 1.97. The first kappa shape index (κ1) is 12.6. The fourth-order valence-electron chi connectivity index (χ4n) is 2.49. The molecule has 2 aromatic heterocycles. The van der Waals surface area contributed by atoms with Crippen LogP contribution in [0.4, 0.5) is 5.82 Å². The van der Waals surface area contributed by atoms with Gasteiger partial charge >= 0.3 is 0 Å². The molecule has 21 heavy (non-hydrogen) atoms. The van der Waals surface area contributed by atoms with Crippen LogP contribution in [0.25, 0.3) is 16.9 Å². The number of para-hydroxylation sites is 1. The highest BCUT2D eigenvalue weighted by Gasteiger charge is 2.19. The number of nitrogens with zero attached hydrogens (tertiary/aromatic N) is 6. The van der Waals surface area contributed by atoms with Gasteiger partial charge in [0.05, 0.1) is 5.69 Å². The first-order chi connectivity index (χ1) is 10.4. The normalized spacial score (nSPS) is 15.5. The van der Waals surface area contributed by atoms with Crippen LogP contribution < -0.4 is 4.90 Å². The average Bonchev–Trinajstić information content (AvgIpc) is 3.00. The predicted molar refractivity (Wildman–Crippen MR) is 84.0 cm³/mol. The molecular weight excluding hydrogens is 284 g/mol. The molecule has 0 saturated carbocycles. The van der Waals surface area contributed by atoms with Crippen molar-refractivity contribution in [3.63, 3.8) is 0 Å². The Morgan fingerprint density at radius 1 is 1.00 bits per heavy atom. The third kappa shape index (κ3) is 2.23. The Hall–Kier alpha value is -2.15. The van der Waals surface area contributed by atoms with Gasteiger partial charge in [0, 0.05) is 24.6 Å². The Kier molecular flexibility index (Phi) is 3.19. The van der Waals surface area contributed by atoms with Crippen molar-refractivity contribution in [2.45, 2.75) is 0 Å². The number of anilines is 1. The monoisotopic (exact) mass is 298 g/mol. The summed E-state index contributed by atoms with van der Waals surface area (Å²) in [7, 11) is 0. The predicted octanol–water partition coefficient (Wildman–Crippen LogP) is 1.76. The van der Waals surface area contributed by atoms with Crippen LogP contribution in [-0.4, -0.2) is 49.6 Å². The second-order valence-electron chi connectivity index (χ2n) is 4.81. The van der Waals surface area contributed by atoms with Crippen molar-refractivity contribution in [2.24, 2.45) is 0 Å². The highest BCUT2D eigenvalue weighted by Crippen LogP contribution is 2.24. The van der Waals surface area contributed by atoms with Crippen molar-refractivity contribution >= 4 is 28.7 Å². The Morgan fingerprint density at radius 2 is 1.81 bits per heavy atom. The molecule has 0 unspecified atom stereocenters. The second kappa shape index (κ2) is 5.33. The Balaban J connectivity index is 1.83. The number of benzene rings is 1. The van der Waals surface area contributed by atoms with E-state index in [1.165, 1.54) is 0 Å². The highest BCUT2D eigenvalue weighted by atomic mass is 32.2. The van der Waals surface area contributed by atoms with E-state index < -0.39 is 0 Å². The molecule has 106 valence electrons. The zero-order valence-corrected chi connectivity index (χ0v) is 12.2. The number of thioether (sulfide) groups is 1. The van der Waals surface area contributed by atoms with Crippen molar-refractivity contribution < 1.29 is 0 Å². The van der Waals surface area contributed by atoms with E-state index in [9.17, 15) is 0 Å². The smallest absolute Gasteiger partial charge is 0.189 e. The summed E-state index contributed by atoms with van der Waals surface area (Å²) < 4.78 is 1.76. The number of hydrogen-bond acceptors (Lipinski definition) is 6. The minimum atomic E-state index is 0.754. The van der Waals surface area contributed by atoms with E-state index in [2.05, 4.69) is 25.2 Å². The summed E-state index contributed by atoms with van der Waals surface area (Å²) in [6, 6.07) is 9.93. The summed E-state index contributed by atoms with van der Waals surface area (Å²) in [5.74, 6) is 3.14. The van der Waals surface area contributed by atoms with Gasteiger partial charge in [-0.1, -0.05) is 23.4 Å². The van der Waals surface area contributed by atoms with Crippen LogP contribution in [0.15, 0.2) is 36.7 Å². The van der Waals surface area contributed by atoms with Gasteiger partial charge in [-0.3, -0.25) is 0 Å². The topological polar surface area (TPSA) is 59.7 Å². The third-order valence-corrected chi connectivity index (χ3v) is 4.47. The van der Waals surface area contributed by atoms with Gasteiger partial charge in [0.25, 0.3) is 0 Å². The summed E-state index contributed by atoms with van der Waals surface area (Å²) in [5.41, 5.74) is 2.48. The van der Waals surface area contributed by atoms with Crippen LogP contribution in [0.1, 0.15) is 0 Å². The third-order valence-electron chi connectivity index (χ3n) is 3.53. The minimum absolute atomic E-state index is 0.754. The van der Waals surface area contributed by atoms with E-state index in [1.54, 1.807) is 11.0 Å². The van der Waals surface area contributed by atoms with Gasteiger partial charge < -0.3 is 4.90 Å². The van der Waals surface area contributed by atoms with E-state index in [-0.39, 0.29) is 0 Å². The molecule has 1 aliphatic heterocycles. The summed E-state index contributed by atoms with van der Waals surface area (Å²) in [4.78, 5) is 11.1. The lowest BCUT2D eigenvalue weighted by Crippen LogP contribution is -2.33. The van der Waals surface area contributed by atoms with E-state index >= 15 is 0 Å². The standard InChI is InChI=1S/C14H14N6S/c1-2-4-11(5-3-1)20-14-12(17-18-20)13(15-10-16-14)19-6-8-21-9-7-19/h1-5,10H,6-9H2. The molecule has 1 saturated heterocycles. The molecule has 0 spiro atoms. The molecule has 1 aromatic carbocycles. The molecule has 6 nitrogen and oxygen atoms in total. The van der Waals surface area contributed by atoms with Crippen molar-refractivity contribution in [1.29, 1.82) is 0 Å². The zero-order chi connectivity index (χ0) is 14.1. The number of hydrogen-bond donors (Lipinski definition) is 0. The van der Waals surface area contributed by atoms with Crippen molar-refractivity contribution in [3.8, 4) is 5.69 Å². The maximum Gasteiger partial charge on any atom is 0.189 e. The van der Waals surface area contributed by atoms with Crippen molar-refractivity contribution in [1.82, 2.24) is 25.0 Å². The lowest BCUT2D eigenvalue weighted by molar-refractivity contribution is 0.816. The van der Waals surface area contributed by atoms with E-state index in [1.807, 2.05) is 42.1 Å². The number of rotatable bonds is 2. The van der Waals surface area contributed by atoms with Gasteiger partial charge in [0.2, 0.25) is 0 Å². The highest BCUT2D eigenvalue weighted by molar-refractivity contribution is 7.99. The SMILES string of the molecule is c1ccc(-n2nnc3c(N4CCSCC4)ncnc32)cc1. The Morgan fingerprint density at radius 3 is 2.62 bits per heavy atom. The molecule has 7 heteroatoms. The molecule has 0 bridgehead atoms. The summed E-state index contributed by atoms with van der Waals surface area (Å²) in [6.07, 6.45) is 1.60.